The summed E-state index contributed by atoms with van der Waals surface area (Å²) in [4.78, 5) is 2.23. The highest BCUT2D eigenvalue weighted by molar-refractivity contribution is 4.91. The maximum absolute atomic E-state index is 8.87. The molecule has 0 bridgehead atoms. The predicted octanol–water partition coefficient (Wildman–Crippen LogP) is 2.64. The van der Waals surface area contributed by atoms with Crippen molar-refractivity contribution in [1.82, 2.24) is 10.2 Å². The fraction of sp³-hybridized carbons (Fsp3) is 0.929. The first-order valence-corrected chi connectivity index (χ1v) is 6.74. The van der Waals surface area contributed by atoms with Gasteiger partial charge in [-0.2, -0.15) is 5.26 Å². The van der Waals surface area contributed by atoms with Crippen LogP contribution in [0.15, 0.2) is 0 Å². The SMILES string of the molecule is CN(C)CCCCNCCCCC(C)(C)C#N. The summed E-state index contributed by atoms with van der Waals surface area (Å²) < 4.78 is 0. The lowest BCUT2D eigenvalue weighted by molar-refractivity contribution is 0.390. The lowest BCUT2D eigenvalue weighted by Gasteiger charge is -2.14. The van der Waals surface area contributed by atoms with E-state index in [2.05, 4.69) is 30.4 Å². The first-order valence-electron chi connectivity index (χ1n) is 6.74. The van der Waals surface area contributed by atoms with E-state index < -0.39 is 0 Å². The first kappa shape index (κ1) is 16.4. The standard InChI is InChI=1S/C14H29N3/c1-14(2,13-15)9-5-6-10-16-11-7-8-12-17(3)4/h16H,5-12H2,1-4H3. The van der Waals surface area contributed by atoms with Gasteiger partial charge in [-0.1, -0.05) is 6.42 Å². The lowest BCUT2D eigenvalue weighted by atomic mass is 9.89. The van der Waals surface area contributed by atoms with E-state index in [-0.39, 0.29) is 5.41 Å². The normalized spacial score (nSPS) is 11.8. The molecule has 0 aliphatic carbocycles. The highest BCUT2D eigenvalue weighted by Crippen LogP contribution is 2.21. The van der Waals surface area contributed by atoms with Gasteiger partial charge in [0.05, 0.1) is 11.5 Å². The van der Waals surface area contributed by atoms with Gasteiger partial charge in [0.1, 0.15) is 0 Å². The fourth-order valence-corrected chi connectivity index (χ4v) is 1.68. The van der Waals surface area contributed by atoms with Gasteiger partial charge in [0.15, 0.2) is 0 Å². The number of nitrogens with zero attached hydrogens (tertiary/aromatic N) is 2. The van der Waals surface area contributed by atoms with Crippen LogP contribution in [0.2, 0.25) is 0 Å². The summed E-state index contributed by atoms with van der Waals surface area (Å²) >= 11 is 0. The third-order valence-corrected chi connectivity index (χ3v) is 2.92. The quantitative estimate of drug-likeness (QED) is 0.596. The maximum Gasteiger partial charge on any atom is 0.0683 e. The van der Waals surface area contributed by atoms with Crippen LogP contribution in [0.25, 0.3) is 0 Å². The maximum atomic E-state index is 8.87. The van der Waals surface area contributed by atoms with Crippen molar-refractivity contribution >= 4 is 0 Å². The minimum Gasteiger partial charge on any atom is -0.317 e. The van der Waals surface area contributed by atoms with Crippen LogP contribution in [0.1, 0.15) is 46.0 Å². The summed E-state index contributed by atoms with van der Waals surface area (Å²) in [5.41, 5.74) is -0.147. The number of nitrogens with one attached hydrogen (secondary N) is 1. The van der Waals surface area contributed by atoms with Gasteiger partial charge in [-0.05, 0) is 73.3 Å². The van der Waals surface area contributed by atoms with Crippen LogP contribution in [0.3, 0.4) is 0 Å². The van der Waals surface area contributed by atoms with Gasteiger partial charge in [0.2, 0.25) is 0 Å². The third kappa shape index (κ3) is 11.7. The summed E-state index contributed by atoms with van der Waals surface area (Å²) in [5, 5.41) is 12.3. The number of rotatable bonds is 10. The molecular weight excluding hydrogens is 210 g/mol. The smallest absolute Gasteiger partial charge is 0.0683 e. The molecule has 0 aromatic rings. The minimum absolute atomic E-state index is 0.147. The van der Waals surface area contributed by atoms with Crippen LogP contribution in [0, 0.1) is 16.7 Å². The molecule has 0 heterocycles. The molecule has 0 aromatic heterocycles. The van der Waals surface area contributed by atoms with Crippen molar-refractivity contribution in [2.45, 2.75) is 46.0 Å². The van der Waals surface area contributed by atoms with Crippen molar-refractivity contribution in [3.63, 3.8) is 0 Å². The van der Waals surface area contributed by atoms with E-state index in [1.165, 1.54) is 25.8 Å². The first-order chi connectivity index (χ1) is 7.98. The largest absolute Gasteiger partial charge is 0.317 e. The zero-order valence-corrected chi connectivity index (χ0v) is 12.1. The highest BCUT2D eigenvalue weighted by Gasteiger charge is 2.14. The summed E-state index contributed by atoms with van der Waals surface area (Å²) in [6, 6.07) is 2.35. The molecular formula is C14H29N3. The summed E-state index contributed by atoms with van der Waals surface area (Å²) in [6.07, 6.45) is 5.85. The predicted molar refractivity (Wildman–Crippen MR) is 73.9 cm³/mol. The molecule has 0 spiro atoms. The molecule has 0 fully saturated rings. The molecule has 0 saturated heterocycles. The lowest BCUT2D eigenvalue weighted by Crippen LogP contribution is -2.19. The number of nitriles is 1. The molecule has 3 heteroatoms. The van der Waals surface area contributed by atoms with E-state index in [4.69, 9.17) is 5.26 Å². The molecule has 0 aliphatic heterocycles. The van der Waals surface area contributed by atoms with Gasteiger partial charge in [-0.3, -0.25) is 0 Å². The van der Waals surface area contributed by atoms with Crippen LogP contribution in [-0.2, 0) is 0 Å². The topological polar surface area (TPSA) is 39.1 Å². The average molecular weight is 239 g/mol. The minimum atomic E-state index is -0.147. The fourth-order valence-electron chi connectivity index (χ4n) is 1.68. The molecule has 0 saturated carbocycles. The van der Waals surface area contributed by atoms with Gasteiger partial charge >= 0.3 is 0 Å². The molecule has 0 aliphatic rings. The Morgan fingerprint density at radius 3 is 2.18 bits per heavy atom. The van der Waals surface area contributed by atoms with Crippen molar-refractivity contribution in [3.05, 3.63) is 0 Å². The zero-order valence-electron chi connectivity index (χ0n) is 12.1. The van der Waals surface area contributed by atoms with E-state index in [0.29, 0.717) is 0 Å². The van der Waals surface area contributed by atoms with Gasteiger partial charge in [-0.25, -0.2) is 0 Å². The van der Waals surface area contributed by atoms with Crippen LogP contribution in [0.5, 0.6) is 0 Å². The van der Waals surface area contributed by atoms with E-state index in [1.807, 2.05) is 13.8 Å². The second-order valence-corrected chi connectivity index (χ2v) is 5.71. The Morgan fingerprint density at radius 2 is 1.65 bits per heavy atom. The Morgan fingerprint density at radius 1 is 1.06 bits per heavy atom. The summed E-state index contributed by atoms with van der Waals surface area (Å²) in [6.45, 7) is 7.42. The molecule has 17 heavy (non-hydrogen) atoms. The second kappa shape index (κ2) is 9.44. The molecule has 0 rings (SSSR count). The van der Waals surface area contributed by atoms with Crippen LogP contribution >= 0.6 is 0 Å². The monoisotopic (exact) mass is 239 g/mol. The Kier molecular flexibility index (Phi) is 9.11. The molecule has 100 valence electrons. The molecule has 1 N–H and O–H groups in total. The Hall–Kier alpha value is -0.590. The van der Waals surface area contributed by atoms with Crippen LogP contribution in [0.4, 0.5) is 0 Å². The Balaban J connectivity index is 3.17. The van der Waals surface area contributed by atoms with Gasteiger partial charge in [0, 0.05) is 0 Å². The Labute approximate surface area is 107 Å². The van der Waals surface area contributed by atoms with E-state index in [1.54, 1.807) is 0 Å². The van der Waals surface area contributed by atoms with Gasteiger partial charge < -0.3 is 10.2 Å². The molecule has 0 radical (unpaired) electrons. The molecule has 0 aromatic carbocycles. The van der Waals surface area contributed by atoms with Gasteiger partial charge in [0.25, 0.3) is 0 Å². The third-order valence-electron chi connectivity index (χ3n) is 2.92. The van der Waals surface area contributed by atoms with E-state index in [0.717, 1.165) is 25.9 Å². The average Bonchev–Trinajstić information content (AvgIpc) is 2.26. The van der Waals surface area contributed by atoms with Crippen molar-refractivity contribution in [2.24, 2.45) is 5.41 Å². The number of unbranched alkanes of at least 4 members (excludes halogenated alkanes) is 2. The molecule has 0 amide bonds. The molecule has 0 atom stereocenters. The molecule has 3 nitrogen and oxygen atoms in total. The summed E-state index contributed by atoms with van der Waals surface area (Å²) in [7, 11) is 4.23. The number of hydrogen-bond acceptors (Lipinski definition) is 3. The zero-order chi connectivity index (χ0) is 13.1. The van der Waals surface area contributed by atoms with Crippen molar-refractivity contribution < 1.29 is 0 Å². The highest BCUT2D eigenvalue weighted by atomic mass is 15.0. The van der Waals surface area contributed by atoms with Crippen molar-refractivity contribution in [2.75, 3.05) is 33.7 Å². The second-order valence-electron chi connectivity index (χ2n) is 5.71. The van der Waals surface area contributed by atoms with Crippen molar-refractivity contribution in [1.29, 1.82) is 5.26 Å². The van der Waals surface area contributed by atoms with Crippen LogP contribution < -0.4 is 5.32 Å². The number of hydrogen-bond donors (Lipinski definition) is 1. The van der Waals surface area contributed by atoms with Crippen LogP contribution in [-0.4, -0.2) is 38.6 Å². The van der Waals surface area contributed by atoms with E-state index >= 15 is 0 Å². The van der Waals surface area contributed by atoms with Gasteiger partial charge in [-0.15, -0.1) is 0 Å². The van der Waals surface area contributed by atoms with Crippen molar-refractivity contribution in [3.8, 4) is 6.07 Å². The summed E-state index contributed by atoms with van der Waals surface area (Å²) in [5.74, 6) is 0. The Bertz CT molecular complexity index is 216. The molecule has 0 unspecified atom stereocenters. The van der Waals surface area contributed by atoms with E-state index in [9.17, 15) is 0 Å².